The van der Waals surface area contributed by atoms with Gasteiger partial charge in [0.15, 0.2) is 28.4 Å². The van der Waals surface area contributed by atoms with Gasteiger partial charge in [0.25, 0.3) is 11.1 Å². The average molecular weight is 942 g/mol. The van der Waals surface area contributed by atoms with Crippen molar-refractivity contribution < 1.29 is 4.74 Å². The molecule has 69 heavy (non-hydrogen) atoms. The molecule has 0 amide bonds. The Kier molecular flexibility index (Phi) is 13.1. The molecule has 15 nitrogen and oxygen atoms in total. The van der Waals surface area contributed by atoms with Gasteiger partial charge in [0.1, 0.15) is 24.4 Å². The van der Waals surface area contributed by atoms with Gasteiger partial charge in [0.2, 0.25) is 0 Å². The zero-order chi connectivity index (χ0) is 47.1. The number of anilines is 2. The number of nitrogens with zero attached hydrogens (tertiary/aromatic N) is 9. The first-order valence-corrected chi connectivity index (χ1v) is 23.0. The van der Waals surface area contributed by atoms with Gasteiger partial charge in [-0.25, -0.2) is 29.9 Å². The summed E-state index contributed by atoms with van der Waals surface area (Å²) in [5.41, 5.74) is 10.1. The zero-order valence-corrected chi connectivity index (χ0v) is 40.1. The van der Waals surface area contributed by atoms with E-state index in [0.29, 0.717) is 22.8 Å². The molecule has 1 aliphatic rings. The summed E-state index contributed by atoms with van der Waals surface area (Å²) >= 11 is 0. The molecule has 0 saturated carbocycles. The number of imidazole rings is 2. The summed E-state index contributed by atoms with van der Waals surface area (Å²) in [6.07, 6.45) is 9.49. The number of nitrogens with one attached hydrogen (secondary N) is 3. The highest BCUT2D eigenvalue weighted by Crippen LogP contribution is 2.32. The van der Waals surface area contributed by atoms with Crippen LogP contribution in [0.15, 0.2) is 132 Å². The van der Waals surface area contributed by atoms with Crippen molar-refractivity contribution in [2.45, 2.75) is 79.1 Å². The average Bonchev–Trinajstić information content (AvgIpc) is 4.02. The number of benzene rings is 4. The second-order valence-corrected chi connectivity index (χ2v) is 17.5. The summed E-state index contributed by atoms with van der Waals surface area (Å²) < 4.78 is 11.6. The fraction of sp³-hybridized carbons (Fsp3) is 0.245. The quantitative estimate of drug-likeness (QED) is 0.126. The van der Waals surface area contributed by atoms with E-state index in [0.717, 1.165) is 104 Å². The molecule has 1 aliphatic heterocycles. The fourth-order valence-electron chi connectivity index (χ4n) is 9.42. The van der Waals surface area contributed by atoms with Gasteiger partial charge in [0.05, 0.1) is 46.9 Å². The third-order valence-electron chi connectivity index (χ3n) is 12.9. The molecule has 3 atom stereocenters. The van der Waals surface area contributed by atoms with Gasteiger partial charge in [-0.2, -0.15) is 0 Å². The second kappa shape index (κ2) is 19.5. The summed E-state index contributed by atoms with van der Waals surface area (Å²) in [6.45, 7) is 12.8. The second-order valence-electron chi connectivity index (χ2n) is 17.5. The van der Waals surface area contributed by atoms with Gasteiger partial charge in [-0.3, -0.25) is 23.3 Å². The number of aryl methyl sites for hydroxylation is 4. The molecule has 1 fully saturated rings. The van der Waals surface area contributed by atoms with Crippen LogP contribution >= 0.6 is 12.4 Å². The van der Waals surface area contributed by atoms with Crippen LogP contribution in [0.5, 0.6) is 0 Å². The molecule has 6 aromatic heterocycles. The molecule has 3 N–H and O–H groups in total. The van der Waals surface area contributed by atoms with Gasteiger partial charge >= 0.3 is 0 Å². The number of fused-ring (bicyclic) bond motifs is 4. The molecular formula is C53H53ClN12O3. The van der Waals surface area contributed by atoms with Gasteiger partial charge in [-0.15, -0.1) is 12.4 Å². The van der Waals surface area contributed by atoms with Crippen molar-refractivity contribution in [2.75, 3.05) is 17.2 Å². The highest BCUT2D eigenvalue weighted by molar-refractivity contribution is 5.88. The Hall–Kier alpha value is -7.75. The van der Waals surface area contributed by atoms with Gasteiger partial charge in [-0.1, -0.05) is 72.8 Å². The lowest BCUT2D eigenvalue weighted by molar-refractivity contribution is -0.0298. The van der Waals surface area contributed by atoms with Crippen molar-refractivity contribution in [3.05, 3.63) is 177 Å². The lowest BCUT2D eigenvalue weighted by Gasteiger charge is -2.24. The van der Waals surface area contributed by atoms with Crippen molar-refractivity contribution in [2.24, 2.45) is 0 Å². The van der Waals surface area contributed by atoms with E-state index in [-0.39, 0.29) is 41.8 Å². The first kappa shape index (κ1) is 46.4. The smallest absolute Gasteiger partial charge is 0.263 e. The zero-order valence-electron chi connectivity index (χ0n) is 39.3. The lowest BCUT2D eigenvalue weighted by atomic mass is 10.0. The molecule has 3 unspecified atom stereocenters. The number of aromatic amines is 1. The van der Waals surface area contributed by atoms with E-state index < -0.39 is 0 Å². The molecule has 0 radical (unpaired) electrons. The number of para-hydroxylation sites is 2. The normalized spacial score (nSPS) is 14.6. The first-order chi connectivity index (χ1) is 33.1. The molecule has 350 valence electrons. The van der Waals surface area contributed by atoms with Crippen LogP contribution in [-0.4, -0.2) is 55.2 Å². The van der Waals surface area contributed by atoms with Gasteiger partial charge < -0.3 is 20.4 Å². The molecule has 0 aliphatic carbocycles. The predicted octanol–water partition coefficient (Wildman–Crippen LogP) is 10.5. The Morgan fingerprint density at radius 1 is 0.638 bits per heavy atom. The summed E-state index contributed by atoms with van der Waals surface area (Å²) in [5, 5.41) is 10.3. The first-order valence-electron chi connectivity index (χ1n) is 23.0. The van der Waals surface area contributed by atoms with Crippen molar-refractivity contribution in [1.29, 1.82) is 0 Å². The lowest BCUT2D eigenvalue weighted by Crippen LogP contribution is -2.26. The van der Waals surface area contributed by atoms with Crippen LogP contribution in [0.2, 0.25) is 0 Å². The van der Waals surface area contributed by atoms with E-state index in [1.54, 1.807) is 19.0 Å². The van der Waals surface area contributed by atoms with Crippen molar-refractivity contribution in [3.63, 3.8) is 0 Å². The van der Waals surface area contributed by atoms with Gasteiger partial charge in [0, 0.05) is 18.0 Å². The Morgan fingerprint density at radius 3 is 1.77 bits per heavy atom. The molecular weight excluding hydrogens is 888 g/mol. The van der Waals surface area contributed by atoms with E-state index in [1.807, 2.05) is 140 Å². The number of ether oxygens (including phenoxy) is 1. The highest BCUT2D eigenvalue weighted by Gasteiger charge is 2.24. The minimum atomic E-state index is -0.244. The molecule has 16 heteroatoms. The van der Waals surface area contributed by atoms with E-state index in [1.165, 1.54) is 6.33 Å². The highest BCUT2D eigenvalue weighted by atomic mass is 35.5. The number of pyridine rings is 2. The van der Waals surface area contributed by atoms with Gasteiger partial charge in [-0.05, 0) is 118 Å². The maximum Gasteiger partial charge on any atom is 0.263 e. The van der Waals surface area contributed by atoms with Crippen LogP contribution in [0.3, 0.4) is 0 Å². The molecule has 11 rings (SSSR count). The molecule has 7 heterocycles. The number of hydrogen-bond acceptors (Lipinski definition) is 11. The van der Waals surface area contributed by atoms with E-state index in [9.17, 15) is 9.59 Å². The standard InChI is InChI=1S/C29H30N6O2.C24H22N6O.ClH/c1-18-9-4-5-12-22(18)35-23(15-21-11-8-10-19(2)25(21)29(35)36)20(3)33-27-26-28(31-16-30-27)34(17-32-26)24-13-6-7-14-37-24;1-14-7-4-5-10-18(14)30-19(11-17-9-6-8-15(2)20(17)24(30)31)16(3)29-23-21-22(26-12-25-21)27-13-28-23;/h4-5,8-12,15-17,20,24H,6-7,13-14H2,1-3H3,(H,30,31,33);4-13,16H,1-3H3,(H2,25,26,27,28,29);1H. The van der Waals surface area contributed by atoms with Crippen molar-refractivity contribution in [1.82, 2.24) is 48.6 Å². The monoisotopic (exact) mass is 940 g/mol. The summed E-state index contributed by atoms with van der Waals surface area (Å²) in [6, 6.07) is 31.5. The van der Waals surface area contributed by atoms with Crippen LogP contribution in [-0.2, 0) is 4.74 Å². The predicted molar refractivity (Wildman–Crippen MR) is 275 cm³/mol. The summed E-state index contributed by atoms with van der Waals surface area (Å²) in [5.74, 6) is 1.27. The third kappa shape index (κ3) is 8.70. The number of aromatic nitrogens is 10. The maximum atomic E-state index is 14.0. The molecule has 1 saturated heterocycles. The Bertz CT molecular complexity index is 3630. The van der Waals surface area contributed by atoms with Crippen LogP contribution in [0.1, 0.15) is 85.1 Å². The van der Waals surface area contributed by atoms with E-state index >= 15 is 0 Å². The third-order valence-corrected chi connectivity index (χ3v) is 12.9. The van der Waals surface area contributed by atoms with E-state index in [2.05, 4.69) is 57.7 Å². The fourth-order valence-corrected chi connectivity index (χ4v) is 9.42. The molecule has 0 bridgehead atoms. The van der Waals surface area contributed by atoms with Crippen molar-refractivity contribution >= 4 is 67.9 Å². The Labute approximate surface area is 404 Å². The number of H-pyrrole nitrogens is 1. The molecule has 0 spiro atoms. The van der Waals surface area contributed by atoms with Crippen LogP contribution < -0.4 is 21.8 Å². The van der Waals surface area contributed by atoms with Crippen LogP contribution in [0, 0.1) is 27.7 Å². The maximum absolute atomic E-state index is 14.0. The molecule has 10 aromatic rings. The molecule has 4 aromatic carbocycles. The number of hydrogen-bond donors (Lipinski definition) is 3. The number of rotatable bonds is 9. The van der Waals surface area contributed by atoms with Crippen molar-refractivity contribution in [3.8, 4) is 11.4 Å². The van der Waals surface area contributed by atoms with E-state index in [4.69, 9.17) is 4.74 Å². The number of halogens is 1. The largest absolute Gasteiger partial charge is 0.360 e. The topological polar surface area (TPSA) is 175 Å². The van der Waals surface area contributed by atoms with Crippen LogP contribution in [0.4, 0.5) is 11.6 Å². The SMILES string of the molecule is Cc1ccccc1-n1c(C(C)Nc2ncnc3c2ncn3C2CCCCO2)cc2cccc(C)c2c1=O.Cc1ccccc1-n1c(C(C)Nc2ncnc3nc[nH]c23)cc2cccc(C)c2c1=O.Cl. The summed E-state index contributed by atoms with van der Waals surface area (Å²) in [7, 11) is 0. The van der Waals surface area contributed by atoms with Crippen LogP contribution in [0.25, 0.3) is 55.2 Å². The Balaban J connectivity index is 0.000000172. The summed E-state index contributed by atoms with van der Waals surface area (Å²) in [4.78, 5) is 57.2. The minimum absolute atomic E-state index is 0. The minimum Gasteiger partial charge on any atom is -0.360 e. The Morgan fingerprint density at radius 2 is 1.19 bits per heavy atom.